The summed E-state index contributed by atoms with van der Waals surface area (Å²) >= 11 is 0. The maximum absolute atomic E-state index is 13.2. The molecule has 3 aromatic carbocycles. The number of rotatable bonds is 4. The molecule has 0 saturated carbocycles. The number of likely N-dealkylation sites (N-methyl/N-ethyl adjacent to an activating group) is 1. The molecule has 0 aliphatic carbocycles. The number of guanidine groups is 1. The summed E-state index contributed by atoms with van der Waals surface area (Å²) in [6.45, 7) is 0. The molecule has 1 fully saturated rings. The van der Waals surface area contributed by atoms with E-state index in [1.165, 1.54) is 4.90 Å². The summed E-state index contributed by atoms with van der Waals surface area (Å²) in [6, 6.07) is 27.2. The average Bonchev–Trinajstić information content (AvgIpc) is 2.95. The zero-order valence-electron chi connectivity index (χ0n) is 14.9. The molecule has 5 heteroatoms. The number of carbonyl (C=O) groups is 1. The van der Waals surface area contributed by atoms with Gasteiger partial charge in [0.05, 0.1) is 0 Å². The number of benzene rings is 3. The second-order valence-electron chi connectivity index (χ2n) is 6.53. The van der Waals surface area contributed by atoms with Gasteiger partial charge in [-0.3, -0.25) is 15.1 Å². The molecule has 4 rings (SSSR count). The van der Waals surface area contributed by atoms with Gasteiger partial charge in [0.2, 0.25) is 0 Å². The Morgan fingerprint density at radius 3 is 2.07 bits per heavy atom. The highest BCUT2D eigenvalue weighted by Gasteiger charge is 2.50. The first-order valence-electron chi connectivity index (χ1n) is 8.74. The molecule has 27 heavy (non-hydrogen) atoms. The fourth-order valence-corrected chi connectivity index (χ4v) is 3.43. The van der Waals surface area contributed by atoms with E-state index in [1.54, 1.807) is 7.05 Å². The first-order valence-corrected chi connectivity index (χ1v) is 8.74. The van der Waals surface area contributed by atoms with Crippen LogP contribution in [0.25, 0.3) is 0 Å². The Balaban J connectivity index is 1.81. The number of para-hydroxylation sites is 1. The molecule has 0 bridgehead atoms. The summed E-state index contributed by atoms with van der Waals surface area (Å²) in [5, 5.41) is 14.6. The van der Waals surface area contributed by atoms with E-state index in [0.717, 1.165) is 22.5 Å². The molecule has 5 nitrogen and oxygen atoms in total. The minimum Gasteiger partial charge on any atom is -0.356 e. The lowest BCUT2D eigenvalue weighted by molar-refractivity contribution is -0.129. The fraction of sp³-hybridized carbons (Fsp3) is 0.0909. The van der Waals surface area contributed by atoms with Crippen LogP contribution >= 0.6 is 0 Å². The predicted molar refractivity (Wildman–Crippen MR) is 107 cm³/mol. The third-order valence-corrected chi connectivity index (χ3v) is 4.83. The maximum atomic E-state index is 13.2. The van der Waals surface area contributed by atoms with Crippen LogP contribution in [-0.2, 0) is 10.3 Å². The van der Waals surface area contributed by atoms with E-state index in [1.807, 2.05) is 84.9 Å². The fourth-order valence-electron chi connectivity index (χ4n) is 3.43. The van der Waals surface area contributed by atoms with Crippen LogP contribution in [0.4, 0.5) is 11.4 Å². The molecule has 1 saturated heterocycles. The molecule has 1 heterocycles. The standard InChI is InChI=1S/C22H20N4O/c1-26-20(27)22(25-21(26)23,16-9-4-2-5-10-16)17-11-8-14-19(15-17)24-18-12-6-3-7-13-18/h2-15,24H,1H3,(H2,23,25). The van der Waals surface area contributed by atoms with Crippen LogP contribution in [-0.4, -0.2) is 23.8 Å². The van der Waals surface area contributed by atoms with E-state index >= 15 is 0 Å². The van der Waals surface area contributed by atoms with Gasteiger partial charge in [-0.05, 0) is 35.4 Å². The minimum atomic E-state index is -1.11. The van der Waals surface area contributed by atoms with Crippen LogP contribution in [0.3, 0.4) is 0 Å². The van der Waals surface area contributed by atoms with Crippen LogP contribution < -0.4 is 10.6 Å². The molecule has 1 unspecified atom stereocenters. The lowest BCUT2D eigenvalue weighted by Crippen LogP contribution is -2.45. The van der Waals surface area contributed by atoms with Gasteiger partial charge in [0.15, 0.2) is 11.5 Å². The molecular weight excluding hydrogens is 336 g/mol. The zero-order valence-corrected chi connectivity index (χ0v) is 14.9. The Hall–Kier alpha value is -3.60. The SMILES string of the molecule is CN1C(=N)NC(c2ccccc2)(c2cccc(Nc3ccccc3)c2)C1=O. The highest BCUT2D eigenvalue weighted by molar-refractivity contribution is 6.10. The number of hydrogen-bond acceptors (Lipinski definition) is 3. The van der Waals surface area contributed by atoms with E-state index in [-0.39, 0.29) is 11.9 Å². The van der Waals surface area contributed by atoms with Gasteiger partial charge in [0, 0.05) is 18.4 Å². The van der Waals surface area contributed by atoms with Crippen molar-refractivity contribution in [2.45, 2.75) is 5.54 Å². The molecule has 1 amide bonds. The average molecular weight is 356 g/mol. The first-order chi connectivity index (χ1) is 13.1. The quantitative estimate of drug-likeness (QED) is 0.668. The second-order valence-corrected chi connectivity index (χ2v) is 6.53. The highest BCUT2D eigenvalue weighted by Crippen LogP contribution is 2.36. The smallest absolute Gasteiger partial charge is 0.264 e. The molecule has 3 aromatic rings. The Kier molecular flexibility index (Phi) is 4.12. The van der Waals surface area contributed by atoms with Crippen molar-refractivity contribution in [2.24, 2.45) is 0 Å². The van der Waals surface area contributed by atoms with Crippen molar-refractivity contribution in [3.05, 3.63) is 96.1 Å². The van der Waals surface area contributed by atoms with E-state index in [2.05, 4.69) is 10.6 Å². The minimum absolute atomic E-state index is 0.0882. The number of nitrogens with one attached hydrogen (secondary N) is 3. The number of nitrogens with zero attached hydrogens (tertiary/aromatic N) is 1. The molecule has 134 valence electrons. The Morgan fingerprint density at radius 1 is 0.852 bits per heavy atom. The van der Waals surface area contributed by atoms with Crippen LogP contribution in [0.15, 0.2) is 84.9 Å². The van der Waals surface area contributed by atoms with Crippen LogP contribution in [0.1, 0.15) is 11.1 Å². The lowest BCUT2D eigenvalue weighted by atomic mass is 9.82. The van der Waals surface area contributed by atoms with Crippen molar-refractivity contribution in [1.82, 2.24) is 10.2 Å². The summed E-state index contributed by atoms with van der Waals surface area (Å²) in [7, 11) is 1.62. The molecule has 0 radical (unpaired) electrons. The lowest BCUT2D eigenvalue weighted by Gasteiger charge is -2.28. The van der Waals surface area contributed by atoms with Gasteiger partial charge >= 0.3 is 0 Å². The van der Waals surface area contributed by atoms with Crippen molar-refractivity contribution in [2.75, 3.05) is 12.4 Å². The topological polar surface area (TPSA) is 68.2 Å². The van der Waals surface area contributed by atoms with Crippen molar-refractivity contribution in [1.29, 1.82) is 5.41 Å². The summed E-state index contributed by atoms with van der Waals surface area (Å²) in [4.78, 5) is 14.6. The second kappa shape index (κ2) is 6.61. The Morgan fingerprint density at radius 2 is 1.44 bits per heavy atom. The Bertz CT molecular complexity index is 987. The summed E-state index contributed by atoms with van der Waals surface area (Å²) in [5.74, 6) is -0.0826. The molecule has 1 aliphatic heterocycles. The van der Waals surface area contributed by atoms with Gasteiger partial charge in [-0.15, -0.1) is 0 Å². The molecule has 0 spiro atoms. The monoisotopic (exact) mass is 356 g/mol. The van der Waals surface area contributed by atoms with E-state index in [4.69, 9.17) is 5.41 Å². The van der Waals surface area contributed by atoms with Crippen molar-refractivity contribution in [3.8, 4) is 0 Å². The summed E-state index contributed by atoms with van der Waals surface area (Å²) in [5.41, 5.74) is 2.33. The van der Waals surface area contributed by atoms with Gasteiger partial charge in [-0.25, -0.2) is 0 Å². The molecular formula is C22H20N4O. The van der Waals surface area contributed by atoms with Crippen molar-refractivity contribution < 1.29 is 4.79 Å². The highest BCUT2D eigenvalue weighted by atomic mass is 16.2. The van der Waals surface area contributed by atoms with Crippen LogP contribution in [0.2, 0.25) is 0 Å². The van der Waals surface area contributed by atoms with Crippen molar-refractivity contribution in [3.63, 3.8) is 0 Å². The van der Waals surface area contributed by atoms with E-state index in [9.17, 15) is 4.79 Å². The third-order valence-electron chi connectivity index (χ3n) is 4.83. The van der Waals surface area contributed by atoms with E-state index in [0.29, 0.717) is 0 Å². The van der Waals surface area contributed by atoms with Crippen LogP contribution in [0.5, 0.6) is 0 Å². The number of hydrogen-bond donors (Lipinski definition) is 3. The van der Waals surface area contributed by atoms with Gasteiger partial charge in [0.1, 0.15) is 0 Å². The van der Waals surface area contributed by atoms with Crippen molar-refractivity contribution >= 4 is 23.2 Å². The number of anilines is 2. The summed E-state index contributed by atoms with van der Waals surface area (Å²) in [6.07, 6.45) is 0. The Labute approximate surface area is 158 Å². The van der Waals surface area contributed by atoms with Gasteiger partial charge < -0.3 is 10.6 Å². The van der Waals surface area contributed by atoms with Crippen LogP contribution in [0, 0.1) is 5.41 Å². The summed E-state index contributed by atoms with van der Waals surface area (Å²) < 4.78 is 0. The number of amides is 1. The van der Waals surface area contributed by atoms with E-state index < -0.39 is 5.54 Å². The largest absolute Gasteiger partial charge is 0.356 e. The van der Waals surface area contributed by atoms with Gasteiger partial charge in [0.25, 0.3) is 5.91 Å². The number of carbonyl (C=O) groups excluding carboxylic acids is 1. The third kappa shape index (κ3) is 2.83. The normalized spacial score (nSPS) is 19.1. The zero-order chi connectivity index (χ0) is 18.9. The van der Waals surface area contributed by atoms with Gasteiger partial charge in [-0.1, -0.05) is 60.7 Å². The molecule has 1 aliphatic rings. The molecule has 3 N–H and O–H groups in total. The van der Waals surface area contributed by atoms with Gasteiger partial charge in [-0.2, -0.15) is 0 Å². The maximum Gasteiger partial charge on any atom is 0.264 e. The molecule has 0 aromatic heterocycles. The predicted octanol–water partition coefficient (Wildman–Crippen LogP) is 3.67. The first kappa shape index (κ1) is 16.8. The molecule has 1 atom stereocenters.